The highest BCUT2D eigenvalue weighted by atomic mass is 16.5. The Hall–Kier alpha value is -2.29. The molecule has 1 heterocycles. The lowest BCUT2D eigenvalue weighted by molar-refractivity contribution is -0.124. The Morgan fingerprint density at radius 3 is 2.62 bits per heavy atom. The van der Waals surface area contributed by atoms with Crippen LogP contribution in [0.4, 0.5) is 5.69 Å². The maximum absolute atomic E-state index is 12.5. The molecule has 0 spiro atoms. The van der Waals surface area contributed by atoms with Gasteiger partial charge in [-0.3, -0.25) is 4.79 Å². The van der Waals surface area contributed by atoms with E-state index in [0.717, 1.165) is 28.1 Å². The molecule has 1 unspecified atom stereocenters. The highest BCUT2D eigenvalue weighted by molar-refractivity contribution is 5.87. The average molecular weight is 281 g/mol. The van der Waals surface area contributed by atoms with Crippen molar-refractivity contribution in [2.75, 3.05) is 11.9 Å². The Morgan fingerprint density at radius 2 is 1.86 bits per heavy atom. The minimum absolute atomic E-state index is 0.120. The second kappa shape index (κ2) is 5.60. The third kappa shape index (κ3) is 2.77. The van der Waals surface area contributed by atoms with Gasteiger partial charge in [-0.25, -0.2) is 0 Å². The van der Waals surface area contributed by atoms with Crippen molar-refractivity contribution in [3.05, 3.63) is 59.2 Å². The number of ether oxygens (including phenoxy) is 1. The number of aryl methyl sites for hydroxylation is 2. The molecule has 21 heavy (non-hydrogen) atoms. The van der Waals surface area contributed by atoms with E-state index in [-0.39, 0.29) is 5.78 Å². The van der Waals surface area contributed by atoms with Crippen molar-refractivity contribution in [2.45, 2.75) is 26.4 Å². The molecule has 1 aliphatic rings. The summed E-state index contributed by atoms with van der Waals surface area (Å²) < 4.78 is 5.83. The minimum atomic E-state index is -0.418. The van der Waals surface area contributed by atoms with Gasteiger partial charge in [0, 0.05) is 6.42 Å². The van der Waals surface area contributed by atoms with Gasteiger partial charge in [-0.1, -0.05) is 30.3 Å². The van der Waals surface area contributed by atoms with Crippen molar-refractivity contribution in [2.24, 2.45) is 0 Å². The molecule has 1 aliphatic heterocycles. The first-order valence-corrected chi connectivity index (χ1v) is 7.22. The largest absolute Gasteiger partial charge is 0.479 e. The van der Waals surface area contributed by atoms with Gasteiger partial charge in [0.2, 0.25) is 0 Å². The topological polar surface area (TPSA) is 38.3 Å². The zero-order chi connectivity index (χ0) is 14.8. The van der Waals surface area contributed by atoms with Crippen LogP contribution in [0.1, 0.15) is 16.7 Å². The number of carbonyl (C=O) groups is 1. The second-order valence-electron chi connectivity index (χ2n) is 5.50. The minimum Gasteiger partial charge on any atom is -0.479 e. The van der Waals surface area contributed by atoms with Crippen LogP contribution in [0.3, 0.4) is 0 Å². The Bertz CT molecular complexity index is 658. The lowest BCUT2D eigenvalue weighted by Gasteiger charge is -2.26. The van der Waals surface area contributed by atoms with Crippen LogP contribution >= 0.6 is 0 Å². The third-order valence-electron chi connectivity index (χ3n) is 3.99. The predicted octanol–water partition coefficient (Wildman–Crippen LogP) is 3.29. The molecule has 0 bridgehead atoms. The van der Waals surface area contributed by atoms with E-state index in [1.807, 2.05) is 56.3 Å². The molecule has 0 amide bonds. The van der Waals surface area contributed by atoms with E-state index in [0.29, 0.717) is 13.0 Å². The third-order valence-corrected chi connectivity index (χ3v) is 3.99. The number of para-hydroxylation sites is 2. The molecule has 3 nitrogen and oxygen atoms in total. The predicted molar refractivity (Wildman–Crippen MR) is 84.0 cm³/mol. The summed E-state index contributed by atoms with van der Waals surface area (Å²) in [6.45, 7) is 4.62. The fourth-order valence-corrected chi connectivity index (χ4v) is 2.71. The molecule has 0 saturated carbocycles. The maximum atomic E-state index is 12.5. The molecule has 0 aliphatic carbocycles. The van der Waals surface area contributed by atoms with Crippen molar-refractivity contribution in [1.29, 1.82) is 0 Å². The molecule has 3 rings (SSSR count). The number of ketones is 1. The monoisotopic (exact) mass is 281 g/mol. The van der Waals surface area contributed by atoms with Gasteiger partial charge in [-0.05, 0) is 42.7 Å². The Kier molecular flexibility index (Phi) is 3.65. The first-order chi connectivity index (χ1) is 10.1. The van der Waals surface area contributed by atoms with Crippen molar-refractivity contribution < 1.29 is 9.53 Å². The molecule has 2 aromatic rings. The number of carbonyl (C=O) groups excluding carboxylic acids is 1. The average Bonchev–Trinajstić information content (AvgIpc) is 2.50. The molecule has 0 radical (unpaired) electrons. The second-order valence-corrected chi connectivity index (χ2v) is 5.50. The maximum Gasteiger partial charge on any atom is 0.179 e. The molecule has 0 fully saturated rings. The van der Waals surface area contributed by atoms with Gasteiger partial charge in [0.25, 0.3) is 0 Å². The molecule has 0 saturated heterocycles. The molecule has 2 aromatic carbocycles. The summed E-state index contributed by atoms with van der Waals surface area (Å²) in [6.07, 6.45) is 0.00595. The number of anilines is 1. The summed E-state index contributed by atoms with van der Waals surface area (Å²) in [6, 6.07) is 13.8. The quantitative estimate of drug-likeness (QED) is 0.938. The first kappa shape index (κ1) is 13.7. The van der Waals surface area contributed by atoms with Crippen LogP contribution < -0.4 is 10.1 Å². The molecular formula is C18H19NO2. The lowest BCUT2D eigenvalue weighted by Crippen LogP contribution is -2.38. The Labute approximate surface area is 124 Å². The molecule has 0 aromatic heterocycles. The highest BCUT2D eigenvalue weighted by Crippen LogP contribution is 2.29. The molecule has 3 heteroatoms. The first-order valence-electron chi connectivity index (χ1n) is 7.22. The normalized spacial score (nSPS) is 16.6. The summed E-state index contributed by atoms with van der Waals surface area (Å²) >= 11 is 0. The van der Waals surface area contributed by atoms with Crippen LogP contribution in [-0.4, -0.2) is 18.4 Å². The van der Waals surface area contributed by atoms with Crippen LogP contribution in [0.15, 0.2) is 42.5 Å². The van der Waals surface area contributed by atoms with Crippen molar-refractivity contribution in [3.63, 3.8) is 0 Å². The Balaban J connectivity index is 1.76. The van der Waals surface area contributed by atoms with Gasteiger partial charge >= 0.3 is 0 Å². The van der Waals surface area contributed by atoms with Crippen LogP contribution in [-0.2, 0) is 11.2 Å². The van der Waals surface area contributed by atoms with E-state index in [1.165, 1.54) is 0 Å². The number of hydrogen-bond acceptors (Lipinski definition) is 3. The summed E-state index contributed by atoms with van der Waals surface area (Å²) in [5, 5.41) is 3.26. The summed E-state index contributed by atoms with van der Waals surface area (Å²) in [5.41, 5.74) is 4.39. The van der Waals surface area contributed by atoms with Gasteiger partial charge in [0.15, 0.2) is 11.9 Å². The molecule has 1 N–H and O–H groups in total. The van der Waals surface area contributed by atoms with E-state index >= 15 is 0 Å². The number of hydrogen-bond donors (Lipinski definition) is 1. The van der Waals surface area contributed by atoms with Crippen LogP contribution in [0.2, 0.25) is 0 Å². The fraction of sp³-hybridized carbons (Fsp3) is 0.278. The zero-order valence-corrected chi connectivity index (χ0v) is 12.3. The number of nitrogens with one attached hydrogen (secondary N) is 1. The van der Waals surface area contributed by atoms with E-state index in [2.05, 4.69) is 5.32 Å². The number of benzene rings is 2. The molecular weight excluding hydrogens is 262 g/mol. The van der Waals surface area contributed by atoms with Gasteiger partial charge in [0.05, 0.1) is 12.2 Å². The van der Waals surface area contributed by atoms with Gasteiger partial charge in [0.1, 0.15) is 5.75 Å². The fourth-order valence-electron chi connectivity index (χ4n) is 2.71. The van der Waals surface area contributed by atoms with Crippen LogP contribution in [0, 0.1) is 13.8 Å². The standard InChI is InChI=1S/C18H19NO2/c1-12-6-5-7-13(2)14(12)10-16(20)18-11-19-15-8-3-4-9-17(15)21-18/h3-9,18-19H,10-11H2,1-2H3. The molecule has 108 valence electrons. The summed E-state index contributed by atoms with van der Waals surface area (Å²) in [5.74, 6) is 0.873. The highest BCUT2D eigenvalue weighted by Gasteiger charge is 2.26. The van der Waals surface area contributed by atoms with E-state index in [9.17, 15) is 4.79 Å². The molecule has 1 atom stereocenters. The zero-order valence-electron chi connectivity index (χ0n) is 12.3. The van der Waals surface area contributed by atoms with Crippen molar-refractivity contribution >= 4 is 11.5 Å². The van der Waals surface area contributed by atoms with E-state index in [1.54, 1.807) is 0 Å². The number of rotatable bonds is 3. The van der Waals surface area contributed by atoms with Gasteiger partial charge in [-0.15, -0.1) is 0 Å². The van der Waals surface area contributed by atoms with E-state index < -0.39 is 6.10 Å². The van der Waals surface area contributed by atoms with Crippen LogP contribution in [0.25, 0.3) is 0 Å². The SMILES string of the molecule is Cc1cccc(C)c1CC(=O)C1CNc2ccccc2O1. The van der Waals surface area contributed by atoms with Crippen LogP contribution in [0.5, 0.6) is 5.75 Å². The van der Waals surface area contributed by atoms with E-state index in [4.69, 9.17) is 4.74 Å². The number of Topliss-reactive ketones (excluding diaryl/α,β-unsaturated/α-hetero) is 1. The van der Waals surface area contributed by atoms with Gasteiger partial charge in [-0.2, -0.15) is 0 Å². The smallest absolute Gasteiger partial charge is 0.179 e. The van der Waals surface area contributed by atoms with Crippen molar-refractivity contribution in [1.82, 2.24) is 0 Å². The Morgan fingerprint density at radius 1 is 1.14 bits per heavy atom. The summed E-state index contributed by atoms with van der Waals surface area (Å²) in [7, 11) is 0. The summed E-state index contributed by atoms with van der Waals surface area (Å²) in [4.78, 5) is 12.5. The van der Waals surface area contributed by atoms with Gasteiger partial charge < -0.3 is 10.1 Å². The lowest BCUT2D eigenvalue weighted by atomic mass is 9.96. The number of fused-ring (bicyclic) bond motifs is 1. The van der Waals surface area contributed by atoms with Crippen molar-refractivity contribution in [3.8, 4) is 5.75 Å².